The van der Waals surface area contributed by atoms with Crippen LogP contribution in [0.4, 0.5) is 5.82 Å². The molecule has 1 aromatic heterocycles. The van der Waals surface area contributed by atoms with E-state index in [0.717, 1.165) is 44.6 Å². The number of fused-ring (bicyclic) bond motifs is 1. The van der Waals surface area contributed by atoms with Crippen molar-refractivity contribution in [3.05, 3.63) is 17.6 Å². The third-order valence-electron chi connectivity index (χ3n) is 4.27. The van der Waals surface area contributed by atoms with E-state index in [1.165, 1.54) is 24.1 Å². The summed E-state index contributed by atoms with van der Waals surface area (Å²) < 4.78 is 0. The van der Waals surface area contributed by atoms with E-state index in [4.69, 9.17) is 0 Å². The Morgan fingerprint density at radius 1 is 1.17 bits per heavy atom. The molecular formula is C14H21N3O. The summed E-state index contributed by atoms with van der Waals surface area (Å²) in [6.07, 6.45) is 8.64. The lowest BCUT2D eigenvalue weighted by Crippen LogP contribution is -2.36. The van der Waals surface area contributed by atoms with Gasteiger partial charge in [-0.05, 0) is 44.4 Å². The summed E-state index contributed by atoms with van der Waals surface area (Å²) in [6, 6.07) is 0. The molecule has 1 aliphatic heterocycles. The second-order valence-electron chi connectivity index (χ2n) is 5.44. The molecule has 2 heterocycles. The van der Waals surface area contributed by atoms with E-state index in [-0.39, 0.29) is 0 Å². The van der Waals surface area contributed by atoms with Crippen molar-refractivity contribution in [3.8, 4) is 0 Å². The number of piperidine rings is 1. The molecule has 0 aromatic carbocycles. The third kappa shape index (κ3) is 2.21. The number of anilines is 1. The molecule has 18 heavy (non-hydrogen) atoms. The third-order valence-corrected chi connectivity index (χ3v) is 4.27. The van der Waals surface area contributed by atoms with Crippen LogP contribution in [0.3, 0.4) is 0 Å². The predicted octanol–water partition coefficient (Wildman–Crippen LogP) is 1.56. The normalized spacial score (nSPS) is 20.8. The van der Waals surface area contributed by atoms with E-state index in [1.54, 1.807) is 6.33 Å². The molecular weight excluding hydrogens is 226 g/mol. The molecule has 4 heteroatoms. The van der Waals surface area contributed by atoms with Gasteiger partial charge in [0.05, 0.1) is 0 Å². The zero-order valence-corrected chi connectivity index (χ0v) is 10.8. The number of rotatable bonds is 2. The van der Waals surface area contributed by atoms with Crippen LogP contribution in [-0.4, -0.2) is 34.8 Å². The molecule has 1 aliphatic carbocycles. The van der Waals surface area contributed by atoms with Crippen molar-refractivity contribution in [1.29, 1.82) is 0 Å². The lowest BCUT2D eigenvalue weighted by atomic mass is 9.94. The van der Waals surface area contributed by atoms with Crippen molar-refractivity contribution in [2.45, 2.75) is 38.5 Å². The van der Waals surface area contributed by atoms with Gasteiger partial charge in [0.15, 0.2) is 0 Å². The van der Waals surface area contributed by atoms with Gasteiger partial charge in [-0.15, -0.1) is 0 Å². The molecule has 0 amide bonds. The van der Waals surface area contributed by atoms with Crippen LogP contribution in [0.25, 0.3) is 0 Å². The van der Waals surface area contributed by atoms with Crippen LogP contribution in [-0.2, 0) is 12.8 Å². The first-order chi connectivity index (χ1) is 8.88. The zero-order chi connectivity index (χ0) is 12.4. The molecule has 0 spiro atoms. The van der Waals surface area contributed by atoms with Crippen molar-refractivity contribution < 1.29 is 5.11 Å². The summed E-state index contributed by atoms with van der Waals surface area (Å²) in [5, 5.41) is 9.20. The standard InChI is InChI=1S/C14H21N3O/c18-9-11-5-7-17(8-6-11)14-12-3-1-2-4-13(12)15-10-16-14/h10-11,18H,1-9H2. The van der Waals surface area contributed by atoms with Crippen molar-refractivity contribution in [2.75, 3.05) is 24.6 Å². The molecule has 1 aromatic rings. The zero-order valence-electron chi connectivity index (χ0n) is 10.8. The maximum Gasteiger partial charge on any atom is 0.135 e. The van der Waals surface area contributed by atoms with Gasteiger partial charge >= 0.3 is 0 Å². The van der Waals surface area contributed by atoms with E-state index in [1.807, 2.05) is 0 Å². The number of aryl methyl sites for hydroxylation is 1. The van der Waals surface area contributed by atoms with Gasteiger partial charge in [-0.3, -0.25) is 0 Å². The van der Waals surface area contributed by atoms with Gasteiger partial charge in [0.25, 0.3) is 0 Å². The van der Waals surface area contributed by atoms with Crippen molar-refractivity contribution in [1.82, 2.24) is 9.97 Å². The van der Waals surface area contributed by atoms with Crippen molar-refractivity contribution in [3.63, 3.8) is 0 Å². The van der Waals surface area contributed by atoms with Crippen molar-refractivity contribution in [2.24, 2.45) is 5.92 Å². The molecule has 0 bridgehead atoms. The highest BCUT2D eigenvalue weighted by molar-refractivity contribution is 5.49. The largest absolute Gasteiger partial charge is 0.396 e. The maximum absolute atomic E-state index is 9.20. The summed E-state index contributed by atoms with van der Waals surface area (Å²) in [4.78, 5) is 11.3. The molecule has 4 nitrogen and oxygen atoms in total. The van der Waals surface area contributed by atoms with Gasteiger partial charge in [0.2, 0.25) is 0 Å². The molecule has 0 radical (unpaired) electrons. The summed E-state index contributed by atoms with van der Waals surface area (Å²) >= 11 is 0. The van der Waals surface area contributed by atoms with E-state index in [9.17, 15) is 5.11 Å². The maximum atomic E-state index is 9.20. The Balaban J connectivity index is 1.80. The van der Waals surface area contributed by atoms with Gasteiger partial charge in [0, 0.05) is 31.0 Å². The smallest absolute Gasteiger partial charge is 0.135 e. The van der Waals surface area contributed by atoms with E-state index in [0.29, 0.717) is 12.5 Å². The van der Waals surface area contributed by atoms with Crippen LogP contribution < -0.4 is 4.90 Å². The molecule has 98 valence electrons. The lowest BCUT2D eigenvalue weighted by Gasteiger charge is -2.34. The Labute approximate surface area is 108 Å². The number of nitrogens with zero attached hydrogens (tertiary/aromatic N) is 3. The Morgan fingerprint density at radius 2 is 1.94 bits per heavy atom. The van der Waals surface area contributed by atoms with Crippen LogP contribution in [0.15, 0.2) is 6.33 Å². The molecule has 0 unspecified atom stereocenters. The fourth-order valence-electron chi connectivity index (χ4n) is 3.10. The molecule has 0 saturated carbocycles. The molecule has 1 fully saturated rings. The number of aliphatic hydroxyl groups is 1. The van der Waals surface area contributed by atoms with E-state index >= 15 is 0 Å². The van der Waals surface area contributed by atoms with Crippen molar-refractivity contribution >= 4 is 5.82 Å². The summed E-state index contributed by atoms with van der Waals surface area (Å²) in [7, 11) is 0. The van der Waals surface area contributed by atoms with Crippen LogP contribution in [0.5, 0.6) is 0 Å². The second-order valence-corrected chi connectivity index (χ2v) is 5.44. The highest BCUT2D eigenvalue weighted by atomic mass is 16.3. The minimum atomic E-state index is 0.329. The average Bonchev–Trinajstić information content (AvgIpc) is 2.47. The monoisotopic (exact) mass is 247 g/mol. The van der Waals surface area contributed by atoms with E-state index < -0.39 is 0 Å². The number of aromatic nitrogens is 2. The first-order valence-electron chi connectivity index (χ1n) is 7.07. The topological polar surface area (TPSA) is 49.2 Å². The summed E-state index contributed by atoms with van der Waals surface area (Å²) in [6.45, 7) is 2.37. The highest BCUT2D eigenvalue weighted by Gasteiger charge is 2.23. The molecule has 3 rings (SSSR count). The molecule has 1 N–H and O–H groups in total. The molecule has 0 atom stereocenters. The van der Waals surface area contributed by atoms with Crippen LogP contribution in [0, 0.1) is 5.92 Å². The quantitative estimate of drug-likeness (QED) is 0.861. The fourth-order valence-corrected chi connectivity index (χ4v) is 3.10. The summed E-state index contributed by atoms with van der Waals surface area (Å²) in [5.74, 6) is 1.65. The number of hydrogen-bond donors (Lipinski definition) is 1. The Kier molecular flexibility index (Phi) is 3.46. The van der Waals surface area contributed by atoms with Gasteiger partial charge in [-0.1, -0.05) is 0 Å². The first kappa shape index (κ1) is 11.9. The van der Waals surface area contributed by atoms with Gasteiger partial charge in [-0.2, -0.15) is 0 Å². The minimum Gasteiger partial charge on any atom is -0.396 e. The second kappa shape index (κ2) is 5.22. The summed E-state index contributed by atoms with van der Waals surface area (Å²) in [5.41, 5.74) is 2.64. The van der Waals surface area contributed by atoms with Gasteiger partial charge in [-0.25, -0.2) is 9.97 Å². The SMILES string of the molecule is OCC1CCN(c2ncnc3c2CCCC3)CC1. The fraction of sp³-hybridized carbons (Fsp3) is 0.714. The molecule has 2 aliphatic rings. The Hall–Kier alpha value is -1.16. The van der Waals surface area contributed by atoms with Crippen LogP contribution in [0.2, 0.25) is 0 Å². The van der Waals surface area contributed by atoms with E-state index in [2.05, 4.69) is 14.9 Å². The number of hydrogen-bond acceptors (Lipinski definition) is 4. The Bertz CT molecular complexity index is 414. The lowest BCUT2D eigenvalue weighted by molar-refractivity contribution is 0.202. The first-order valence-corrected chi connectivity index (χ1v) is 7.07. The minimum absolute atomic E-state index is 0.329. The highest BCUT2D eigenvalue weighted by Crippen LogP contribution is 2.29. The predicted molar refractivity (Wildman–Crippen MR) is 70.7 cm³/mol. The van der Waals surface area contributed by atoms with Gasteiger partial charge < -0.3 is 10.0 Å². The van der Waals surface area contributed by atoms with Gasteiger partial charge in [0.1, 0.15) is 12.1 Å². The number of aliphatic hydroxyl groups excluding tert-OH is 1. The van der Waals surface area contributed by atoms with Crippen LogP contribution >= 0.6 is 0 Å². The molecule has 1 saturated heterocycles. The van der Waals surface area contributed by atoms with Crippen LogP contribution in [0.1, 0.15) is 36.9 Å². The average molecular weight is 247 g/mol. The Morgan fingerprint density at radius 3 is 2.72 bits per heavy atom.